The van der Waals surface area contributed by atoms with Crippen molar-refractivity contribution >= 4 is 17.5 Å². The number of hydrogen-bond donors (Lipinski definition) is 2. The maximum Gasteiger partial charge on any atom is 0.249 e. The normalized spacial score (nSPS) is 21.3. The second-order valence-corrected chi connectivity index (χ2v) is 3.55. The van der Waals surface area contributed by atoms with Gasteiger partial charge in [-0.25, -0.2) is 0 Å². The van der Waals surface area contributed by atoms with Crippen molar-refractivity contribution in [3.63, 3.8) is 0 Å². The van der Waals surface area contributed by atoms with Gasteiger partial charge in [0.2, 0.25) is 11.8 Å². The van der Waals surface area contributed by atoms with E-state index in [-0.39, 0.29) is 17.9 Å². The number of carbonyl (C=O) groups excluding carboxylic acids is 2. The van der Waals surface area contributed by atoms with E-state index in [9.17, 15) is 9.59 Å². The number of carbonyl (C=O) groups is 2. The molecule has 1 aliphatic heterocycles. The van der Waals surface area contributed by atoms with Gasteiger partial charge in [-0.15, -0.1) is 0 Å². The second-order valence-electron chi connectivity index (χ2n) is 3.55. The van der Waals surface area contributed by atoms with Crippen LogP contribution in [0.1, 0.15) is 12.8 Å². The van der Waals surface area contributed by atoms with E-state index in [1.165, 1.54) is 0 Å². The second kappa shape index (κ2) is 3.72. The molecule has 80 valence electrons. The van der Waals surface area contributed by atoms with Crippen LogP contribution in [0.15, 0.2) is 12.4 Å². The number of aryl methyl sites for hydroxylation is 1. The Bertz CT molecular complexity index is 399. The molecular formula is C9H12N4O2. The van der Waals surface area contributed by atoms with E-state index in [1.807, 2.05) is 0 Å². The van der Waals surface area contributed by atoms with Crippen LogP contribution in [0.4, 0.5) is 5.69 Å². The molecule has 0 bridgehead atoms. The zero-order valence-corrected chi connectivity index (χ0v) is 8.36. The molecular weight excluding hydrogens is 196 g/mol. The molecule has 1 unspecified atom stereocenters. The largest absolute Gasteiger partial charge is 0.371 e. The number of hydrogen-bond acceptors (Lipinski definition) is 4. The summed E-state index contributed by atoms with van der Waals surface area (Å²) in [6.07, 6.45) is 4.33. The minimum absolute atomic E-state index is 0.204. The number of amides is 2. The van der Waals surface area contributed by atoms with Gasteiger partial charge in [-0.1, -0.05) is 0 Å². The third kappa shape index (κ3) is 2.15. The first-order valence-electron chi connectivity index (χ1n) is 4.74. The zero-order chi connectivity index (χ0) is 10.8. The summed E-state index contributed by atoms with van der Waals surface area (Å²) in [5.74, 6) is -0.473. The molecule has 0 spiro atoms. The summed E-state index contributed by atoms with van der Waals surface area (Å²) in [7, 11) is 1.80. The lowest BCUT2D eigenvalue weighted by molar-refractivity contribution is -0.133. The molecule has 6 nitrogen and oxygen atoms in total. The molecule has 0 aliphatic carbocycles. The third-order valence-electron chi connectivity index (χ3n) is 2.28. The monoisotopic (exact) mass is 208 g/mol. The van der Waals surface area contributed by atoms with Gasteiger partial charge in [-0.05, 0) is 6.42 Å². The molecule has 0 saturated carbocycles. The highest BCUT2D eigenvalue weighted by Crippen LogP contribution is 2.12. The summed E-state index contributed by atoms with van der Waals surface area (Å²) in [6, 6.07) is -0.341. The van der Waals surface area contributed by atoms with E-state index in [4.69, 9.17) is 0 Å². The summed E-state index contributed by atoms with van der Waals surface area (Å²) in [5, 5.41) is 9.29. The van der Waals surface area contributed by atoms with Crippen LogP contribution in [-0.4, -0.2) is 27.6 Å². The van der Waals surface area contributed by atoms with Gasteiger partial charge in [0.1, 0.15) is 6.04 Å². The zero-order valence-electron chi connectivity index (χ0n) is 8.36. The Labute approximate surface area is 86.6 Å². The maximum absolute atomic E-state index is 11.4. The quantitative estimate of drug-likeness (QED) is 0.650. The van der Waals surface area contributed by atoms with Crippen LogP contribution in [-0.2, 0) is 16.6 Å². The average Bonchev–Trinajstić information content (AvgIpc) is 2.56. The Balaban J connectivity index is 2.00. The first-order valence-corrected chi connectivity index (χ1v) is 4.74. The van der Waals surface area contributed by atoms with Crippen LogP contribution < -0.4 is 10.6 Å². The molecule has 1 aromatic heterocycles. The highest BCUT2D eigenvalue weighted by Gasteiger charge is 2.26. The molecule has 2 rings (SSSR count). The molecule has 2 heterocycles. The van der Waals surface area contributed by atoms with E-state index in [1.54, 1.807) is 24.1 Å². The van der Waals surface area contributed by atoms with Gasteiger partial charge in [0, 0.05) is 19.7 Å². The first kappa shape index (κ1) is 9.70. The van der Waals surface area contributed by atoms with E-state index < -0.39 is 0 Å². The summed E-state index contributed by atoms with van der Waals surface area (Å²) in [6.45, 7) is 0. The SMILES string of the molecule is Cn1cc(NC2CCC(=O)NC2=O)cn1. The van der Waals surface area contributed by atoms with Crippen LogP contribution in [0.3, 0.4) is 0 Å². The highest BCUT2D eigenvalue weighted by atomic mass is 16.2. The summed E-state index contributed by atoms with van der Waals surface area (Å²) in [5.41, 5.74) is 0.784. The van der Waals surface area contributed by atoms with Crippen molar-refractivity contribution in [2.24, 2.45) is 7.05 Å². The number of piperidine rings is 1. The molecule has 1 atom stereocenters. The van der Waals surface area contributed by atoms with Gasteiger partial charge in [0.25, 0.3) is 0 Å². The van der Waals surface area contributed by atoms with Crippen LogP contribution >= 0.6 is 0 Å². The Morgan fingerprint density at radius 2 is 2.40 bits per heavy atom. The molecule has 15 heavy (non-hydrogen) atoms. The smallest absolute Gasteiger partial charge is 0.249 e. The lowest BCUT2D eigenvalue weighted by Crippen LogP contribution is -2.47. The van der Waals surface area contributed by atoms with E-state index in [0.717, 1.165) is 5.69 Å². The third-order valence-corrected chi connectivity index (χ3v) is 2.28. The van der Waals surface area contributed by atoms with Gasteiger partial charge in [0.15, 0.2) is 0 Å². The number of rotatable bonds is 2. The topological polar surface area (TPSA) is 76.0 Å². The lowest BCUT2D eigenvalue weighted by Gasteiger charge is -2.21. The molecule has 2 amide bonds. The van der Waals surface area contributed by atoms with Crippen molar-refractivity contribution in [3.8, 4) is 0 Å². The minimum Gasteiger partial charge on any atom is -0.371 e. The van der Waals surface area contributed by atoms with Crippen molar-refractivity contribution in [2.75, 3.05) is 5.32 Å². The predicted octanol–water partition coefficient (Wildman–Crippen LogP) is -0.363. The molecule has 6 heteroatoms. The van der Waals surface area contributed by atoms with Crippen LogP contribution in [0.2, 0.25) is 0 Å². The van der Waals surface area contributed by atoms with Crippen LogP contribution in [0.25, 0.3) is 0 Å². The summed E-state index contributed by atoms with van der Waals surface area (Å²) >= 11 is 0. The number of imide groups is 1. The predicted molar refractivity (Wildman–Crippen MR) is 53.0 cm³/mol. The van der Waals surface area contributed by atoms with E-state index >= 15 is 0 Å². The molecule has 1 aromatic rings. The molecule has 0 aromatic carbocycles. The fourth-order valence-electron chi connectivity index (χ4n) is 1.53. The van der Waals surface area contributed by atoms with E-state index in [0.29, 0.717) is 12.8 Å². The number of anilines is 1. The van der Waals surface area contributed by atoms with Crippen LogP contribution in [0, 0.1) is 0 Å². The molecule has 0 radical (unpaired) electrons. The van der Waals surface area contributed by atoms with Crippen molar-refractivity contribution < 1.29 is 9.59 Å². The lowest BCUT2D eigenvalue weighted by atomic mass is 10.1. The van der Waals surface area contributed by atoms with Crippen molar-refractivity contribution in [2.45, 2.75) is 18.9 Å². The Morgan fingerprint density at radius 1 is 1.60 bits per heavy atom. The van der Waals surface area contributed by atoms with Crippen LogP contribution in [0.5, 0.6) is 0 Å². The molecule has 1 aliphatic rings. The minimum atomic E-state index is -0.341. The van der Waals surface area contributed by atoms with Crippen molar-refractivity contribution in [3.05, 3.63) is 12.4 Å². The first-order chi connectivity index (χ1) is 7.15. The Morgan fingerprint density at radius 3 is 3.00 bits per heavy atom. The molecule has 1 saturated heterocycles. The van der Waals surface area contributed by atoms with Crippen molar-refractivity contribution in [1.82, 2.24) is 15.1 Å². The maximum atomic E-state index is 11.4. The summed E-state index contributed by atoms with van der Waals surface area (Å²) < 4.78 is 1.65. The number of nitrogens with one attached hydrogen (secondary N) is 2. The molecule has 1 fully saturated rings. The summed E-state index contributed by atoms with van der Waals surface area (Å²) in [4.78, 5) is 22.3. The average molecular weight is 208 g/mol. The molecule has 2 N–H and O–H groups in total. The van der Waals surface area contributed by atoms with Gasteiger partial charge in [-0.3, -0.25) is 19.6 Å². The van der Waals surface area contributed by atoms with Gasteiger partial charge >= 0.3 is 0 Å². The number of nitrogens with zero attached hydrogens (tertiary/aromatic N) is 2. The van der Waals surface area contributed by atoms with Gasteiger partial charge in [-0.2, -0.15) is 5.10 Å². The fraction of sp³-hybridized carbons (Fsp3) is 0.444. The van der Waals surface area contributed by atoms with E-state index in [2.05, 4.69) is 15.7 Å². The van der Waals surface area contributed by atoms with Gasteiger partial charge < -0.3 is 5.32 Å². The fourth-order valence-corrected chi connectivity index (χ4v) is 1.53. The number of aromatic nitrogens is 2. The Hall–Kier alpha value is -1.85. The standard InChI is InChI=1S/C9H12N4O2/c1-13-5-6(4-10-13)11-7-2-3-8(14)12-9(7)15/h4-5,7,11H,2-3H2,1H3,(H,12,14,15). The Kier molecular flexibility index (Phi) is 2.40. The highest BCUT2D eigenvalue weighted by molar-refractivity contribution is 6.01. The van der Waals surface area contributed by atoms with Crippen molar-refractivity contribution in [1.29, 1.82) is 0 Å². The van der Waals surface area contributed by atoms with Gasteiger partial charge in [0.05, 0.1) is 11.9 Å².